The van der Waals surface area contributed by atoms with Gasteiger partial charge >= 0.3 is 0 Å². The molecule has 0 bridgehead atoms. The van der Waals surface area contributed by atoms with Gasteiger partial charge in [-0.25, -0.2) is 0 Å². The lowest BCUT2D eigenvalue weighted by Crippen LogP contribution is -2.24. The number of ketones is 1. The third kappa shape index (κ3) is 5.93. The Kier molecular flexibility index (Phi) is 5.92. The second-order valence-corrected chi connectivity index (χ2v) is 5.05. The maximum absolute atomic E-state index is 10.8. The van der Waals surface area contributed by atoms with E-state index in [1.54, 1.807) is 6.92 Å². The molecule has 2 nitrogen and oxygen atoms in total. The van der Waals surface area contributed by atoms with Crippen molar-refractivity contribution in [2.24, 2.45) is 5.92 Å². The lowest BCUT2D eigenvalue weighted by Gasteiger charge is -2.24. The minimum absolute atomic E-state index is 0.305. The van der Waals surface area contributed by atoms with Crippen LogP contribution >= 0.6 is 0 Å². The molecule has 0 radical (unpaired) electrons. The molecule has 1 aliphatic carbocycles. The maximum atomic E-state index is 10.8. The molecule has 0 aromatic heterocycles. The highest BCUT2D eigenvalue weighted by molar-refractivity contribution is 5.75. The number of rotatable bonds is 6. The van der Waals surface area contributed by atoms with Crippen molar-refractivity contribution in [1.29, 1.82) is 0 Å². The average molecular weight is 211 g/mol. The largest absolute Gasteiger partial charge is 0.306 e. The van der Waals surface area contributed by atoms with Gasteiger partial charge in [0.15, 0.2) is 0 Å². The molecule has 0 unspecified atom stereocenters. The third-order valence-electron chi connectivity index (χ3n) is 3.49. The number of nitrogens with zero attached hydrogens (tertiary/aromatic N) is 1. The fourth-order valence-electron chi connectivity index (χ4n) is 2.34. The summed E-state index contributed by atoms with van der Waals surface area (Å²) in [7, 11) is 2.13. The monoisotopic (exact) mass is 211 g/mol. The lowest BCUT2D eigenvalue weighted by molar-refractivity contribution is -0.117. The zero-order valence-corrected chi connectivity index (χ0v) is 10.3. The second kappa shape index (κ2) is 7.00. The molecule has 1 rings (SSSR count). The summed E-state index contributed by atoms with van der Waals surface area (Å²) in [6.45, 7) is 3.77. The van der Waals surface area contributed by atoms with Crippen molar-refractivity contribution in [3.8, 4) is 0 Å². The summed E-state index contributed by atoms with van der Waals surface area (Å²) in [5.41, 5.74) is 0. The number of hydrogen-bond donors (Lipinski definition) is 0. The van der Waals surface area contributed by atoms with E-state index in [2.05, 4.69) is 11.9 Å². The first-order chi connectivity index (χ1) is 7.18. The maximum Gasteiger partial charge on any atom is 0.131 e. The van der Waals surface area contributed by atoms with Crippen LogP contribution in [0.25, 0.3) is 0 Å². The second-order valence-electron chi connectivity index (χ2n) is 5.05. The van der Waals surface area contributed by atoms with E-state index >= 15 is 0 Å². The topological polar surface area (TPSA) is 20.3 Å². The molecule has 0 aromatic carbocycles. The molecule has 0 spiro atoms. The van der Waals surface area contributed by atoms with Crippen molar-refractivity contribution in [2.75, 3.05) is 20.1 Å². The molecular weight excluding hydrogens is 186 g/mol. The Labute approximate surface area is 94.0 Å². The van der Waals surface area contributed by atoms with Crippen LogP contribution in [0.5, 0.6) is 0 Å². The molecule has 0 heterocycles. The summed E-state index contributed by atoms with van der Waals surface area (Å²) < 4.78 is 0. The van der Waals surface area contributed by atoms with Gasteiger partial charge in [-0.3, -0.25) is 4.79 Å². The Hall–Kier alpha value is -0.370. The van der Waals surface area contributed by atoms with E-state index in [0.29, 0.717) is 12.2 Å². The SMILES string of the molecule is CC(=O)CCN(C)CCC1CCCCC1. The Morgan fingerprint density at radius 2 is 1.87 bits per heavy atom. The Balaban J connectivity index is 2.04. The van der Waals surface area contributed by atoms with Crippen LogP contribution in [-0.4, -0.2) is 30.8 Å². The highest BCUT2D eigenvalue weighted by Gasteiger charge is 2.13. The predicted molar refractivity (Wildman–Crippen MR) is 64.0 cm³/mol. The van der Waals surface area contributed by atoms with Gasteiger partial charge in [-0.1, -0.05) is 32.1 Å². The summed E-state index contributed by atoms with van der Waals surface area (Å²) in [5.74, 6) is 1.26. The molecule has 0 saturated heterocycles. The van der Waals surface area contributed by atoms with Gasteiger partial charge in [0, 0.05) is 13.0 Å². The summed E-state index contributed by atoms with van der Waals surface area (Å²) in [4.78, 5) is 13.1. The Morgan fingerprint density at radius 1 is 1.20 bits per heavy atom. The number of Topliss-reactive ketones (excluding diaryl/α,β-unsaturated/α-hetero) is 1. The van der Waals surface area contributed by atoms with Crippen LogP contribution in [-0.2, 0) is 4.79 Å². The molecule has 0 aliphatic heterocycles. The minimum Gasteiger partial charge on any atom is -0.306 e. The smallest absolute Gasteiger partial charge is 0.131 e. The first-order valence-electron chi connectivity index (χ1n) is 6.36. The number of hydrogen-bond acceptors (Lipinski definition) is 2. The van der Waals surface area contributed by atoms with E-state index in [1.165, 1.54) is 38.5 Å². The predicted octanol–water partition coefficient (Wildman–Crippen LogP) is 2.87. The van der Waals surface area contributed by atoms with Crippen molar-refractivity contribution in [3.63, 3.8) is 0 Å². The van der Waals surface area contributed by atoms with Gasteiger partial charge < -0.3 is 4.90 Å². The van der Waals surface area contributed by atoms with Crippen molar-refractivity contribution in [1.82, 2.24) is 4.90 Å². The first-order valence-corrected chi connectivity index (χ1v) is 6.36. The zero-order valence-electron chi connectivity index (χ0n) is 10.3. The van der Waals surface area contributed by atoms with Crippen molar-refractivity contribution in [2.45, 2.75) is 51.9 Å². The van der Waals surface area contributed by atoms with Crippen LogP contribution in [0.15, 0.2) is 0 Å². The van der Waals surface area contributed by atoms with E-state index in [-0.39, 0.29) is 0 Å². The van der Waals surface area contributed by atoms with Gasteiger partial charge in [0.2, 0.25) is 0 Å². The normalized spacial score (nSPS) is 18.3. The molecule has 0 N–H and O–H groups in total. The standard InChI is InChI=1S/C13H25NO/c1-12(15)8-10-14(2)11-9-13-6-4-3-5-7-13/h13H,3-11H2,1-2H3. The van der Waals surface area contributed by atoms with Crippen molar-refractivity contribution >= 4 is 5.78 Å². The number of carbonyl (C=O) groups is 1. The van der Waals surface area contributed by atoms with Crippen LogP contribution in [0, 0.1) is 5.92 Å². The molecule has 88 valence electrons. The molecule has 0 atom stereocenters. The molecule has 1 fully saturated rings. The summed E-state index contributed by atoms with van der Waals surface area (Å²) in [6, 6.07) is 0. The summed E-state index contributed by atoms with van der Waals surface area (Å²) in [6.07, 6.45) is 9.21. The Morgan fingerprint density at radius 3 is 2.47 bits per heavy atom. The van der Waals surface area contributed by atoms with E-state index in [4.69, 9.17) is 0 Å². The summed E-state index contributed by atoms with van der Waals surface area (Å²) in [5, 5.41) is 0. The molecule has 0 aromatic rings. The van der Waals surface area contributed by atoms with E-state index in [1.807, 2.05) is 0 Å². The summed E-state index contributed by atoms with van der Waals surface area (Å²) >= 11 is 0. The number of carbonyl (C=O) groups excluding carboxylic acids is 1. The van der Waals surface area contributed by atoms with Gasteiger partial charge in [0.25, 0.3) is 0 Å². The fraction of sp³-hybridized carbons (Fsp3) is 0.923. The highest BCUT2D eigenvalue weighted by Crippen LogP contribution is 2.26. The van der Waals surface area contributed by atoms with Crippen molar-refractivity contribution < 1.29 is 4.79 Å². The van der Waals surface area contributed by atoms with Crippen LogP contribution in [0.4, 0.5) is 0 Å². The van der Waals surface area contributed by atoms with Crippen molar-refractivity contribution in [3.05, 3.63) is 0 Å². The van der Waals surface area contributed by atoms with Gasteiger partial charge in [0.1, 0.15) is 5.78 Å². The van der Waals surface area contributed by atoms with E-state index < -0.39 is 0 Å². The van der Waals surface area contributed by atoms with E-state index in [0.717, 1.165) is 19.0 Å². The third-order valence-corrected chi connectivity index (χ3v) is 3.49. The zero-order chi connectivity index (χ0) is 11.1. The van der Waals surface area contributed by atoms with Crippen LogP contribution in [0.3, 0.4) is 0 Å². The lowest BCUT2D eigenvalue weighted by atomic mass is 9.87. The van der Waals surface area contributed by atoms with Gasteiger partial charge in [-0.2, -0.15) is 0 Å². The van der Waals surface area contributed by atoms with Gasteiger partial charge in [0.05, 0.1) is 0 Å². The average Bonchev–Trinajstić information content (AvgIpc) is 2.25. The van der Waals surface area contributed by atoms with Crippen LogP contribution < -0.4 is 0 Å². The molecule has 0 amide bonds. The molecule has 2 heteroatoms. The molecule has 1 saturated carbocycles. The molecule has 15 heavy (non-hydrogen) atoms. The van der Waals surface area contributed by atoms with Gasteiger partial charge in [-0.05, 0) is 32.9 Å². The van der Waals surface area contributed by atoms with E-state index in [9.17, 15) is 4.79 Å². The first kappa shape index (κ1) is 12.7. The quantitative estimate of drug-likeness (QED) is 0.673. The fourth-order valence-corrected chi connectivity index (χ4v) is 2.34. The molecular formula is C13H25NO. The molecule has 1 aliphatic rings. The van der Waals surface area contributed by atoms with Crippen LogP contribution in [0.1, 0.15) is 51.9 Å². The Bertz CT molecular complexity index is 185. The highest BCUT2D eigenvalue weighted by atomic mass is 16.1. The van der Waals surface area contributed by atoms with Crippen LogP contribution in [0.2, 0.25) is 0 Å². The van der Waals surface area contributed by atoms with Gasteiger partial charge in [-0.15, -0.1) is 0 Å². The minimum atomic E-state index is 0.305.